The molecule has 0 saturated heterocycles. The summed E-state index contributed by atoms with van der Waals surface area (Å²) in [6.45, 7) is 0. The van der Waals surface area contributed by atoms with Crippen molar-refractivity contribution in [3.8, 4) is 11.4 Å². The van der Waals surface area contributed by atoms with E-state index in [1.807, 2.05) is 42.6 Å². The molecule has 0 atom stereocenters. The van der Waals surface area contributed by atoms with Crippen LogP contribution in [0.3, 0.4) is 0 Å². The fourth-order valence-electron chi connectivity index (χ4n) is 2.11. The van der Waals surface area contributed by atoms with Gasteiger partial charge >= 0.3 is 0 Å². The molecule has 116 valence electrons. The standard InChI is InChI=1S/C17H14IN3O2/c1-23-14-7-8-16(15(18)11-14)20-17(22)12-3-5-13(6-4-12)21-10-2-9-19-21/h2-11H,1H3,(H,20,22). The minimum Gasteiger partial charge on any atom is -0.497 e. The van der Waals surface area contributed by atoms with Crippen molar-refractivity contribution in [3.05, 3.63) is 70.1 Å². The van der Waals surface area contributed by atoms with Gasteiger partial charge in [-0.1, -0.05) is 0 Å². The Hall–Kier alpha value is -2.35. The van der Waals surface area contributed by atoms with Gasteiger partial charge in [0.1, 0.15) is 5.75 Å². The van der Waals surface area contributed by atoms with E-state index >= 15 is 0 Å². The molecule has 1 N–H and O–H groups in total. The molecule has 3 rings (SSSR count). The monoisotopic (exact) mass is 419 g/mol. The molecule has 2 aromatic carbocycles. The third-order valence-electron chi connectivity index (χ3n) is 3.32. The summed E-state index contributed by atoms with van der Waals surface area (Å²) in [5, 5.41) is 7.07. The predicted octanol–water partition coefficient (Wildman–Crippen LogP) is 3.74. The van der Waals surface area contributed by atoms with Gasteiger partial charge in [-0.25, -0.2) is 4.68 Å². The summed E-state index contributed by atoms with van der Waals surface area (Å²) in [5.41, 5.74) is 2.26. The molecule has 6 heteroatoms. The summed E-state index contributed by atoms with van der Waals surface area (Å²) >= 11 is 2.17. The number of halogens is 1. The molecule has 0 unspecified atom stereocenters. The maximum atomic E-state index is 12.4. The number of hydrogen-bond acceptors (Lipinski definition) is 3. The molecule has 0 aliphatic carbocycles. The Bertz CT molecular complexity index is 814. The molecular weight excluding hydrogens is 405 g/mol. The van der Waals surface area contributed by atoms with E-state index in [4.69, 9.17) is 4.74 Å². The molecule has 1 heterocycles. The van der Waals surface area contributed by atoms with Crippen LogP contribution in [0, 0.1) is 3.57 Å². The van der Waals surface area contributed by atoms with Crippen molar-refractivity contribution in [2.75, 3.05) is 12.4 Å². The lowest BCUT2D eigenvalue weighted by atomic mass is 10.2. The smallest absolute Gasteiger partial charge is 0.255 e. The maximum absolute atomic E-state index is 12.4. The Kier molecular flexibility index (Phi) is 4.61. The van der Waals surface area contributed by atoms with E-state index in [0.717, 1.165) is 20.7 Å². The minimum atomic E-state index is -0.153. The fraction of sp³-hybridized carbons (Fsp3) is 0.0588. The van der Waals surface area contributed by atoms with Gasteiger partial charge in [0.15, 0.2) is 0 Å². The van der Waals surface area contributed by atoms with Gasteiger partial charge in [0.05, 0.1) is 18.5 Å². The number of nitrogens with one attached hydrogen (secondary N) is 1. The number of methoxy groups -OCH3 is 1. The summed E-state index contributed by atoms with van der Waals surface area (Å²) in [4.78, 5) is 12.4. The summed E-state index contributed by atoms with van der Waals surface area (Å²) in [6, 6.07) is 14.7. The molecule has 5 nitrogen and oxygen atoms in total. The number of hydrogen-bond donors (Lipinski definition) is 1. The molecular formula is C17H14IN3O2. The summed E-state index contributed by atoms with van der Waals surface area (Å²) < 4.78 is 7.83. The zero-order valence-corrected chi connectivity index (χ0v) is 14.5. The van der Waals surface area contributed by atoms with Crippen molar-refractivity contribution in [1.29, 1.82) is 0 Å². The second-order valence-corrected chi connectivity index (χ2v) is 5.96. The van der Waals surface area contributed by atoms with E-state index in [0.29, 0.717) is 5.56 Å². The van der Waals surface area contributed by atoms with Crippen LogP contribution in [0.5, 0.6) is 5.75 Å². The quantitative estimate of drug-likeness (QED) is 0.656. The van der Waals surface area contributed by atoms with Crippen LogP contribution in [-0.2, 0) is 0 Å². The number of nitrogens with zero attached hydrogens (tertiary/aromatic N) is 2. The first-order chi connectivity index (χ1) is 11.2. The van der Waals surface area contributed by atoms with Crippen LogP contribution in [0.1, 0.15) is 10.4 Å². The fourth-order valence-corrected chi connectivity index (χ4v) is 2.73. The van der Waals surface area contributed by atoms with Crippen LogP contribution < -0.4 is 10.1 Å². The third-order valence-corrected chi connectivity index (χ3v) is 4.22. The van der Waals surface area contributed by atoms with E-state index in [9.17, 15) is 4.79 Å². The van der Waals surface area contributed by atoms with Crippen LogP contribution in [0.4, 0.5) is 5.69 Å². The Morgan fingerprint density at radius 2 is 2.00 bits per heavy atom. The molecule has 1 amide bonds. The Labute approximate surface area is 147 Å². The normalized spacial score (nSPS) is 10.3. The summed E-state index contributed by atoms with van der Waals surface area (Å²) in [6.07, 6.45) is 3.57. The van der Waals surface area contributed by atoms with Gasteiger partial charge in [-0.2, -0.15) is 5.10 Å². The first kappa shape index (κ1) is 15.5. The second kappa shape index (κ2) is 6.82. The van der Waals surface area contributed by atoms with E-state index in [1.54, 1.807) is 30.1 Å². The average Bonchev–Trinajstić information content (AvgIpc) is 3.11. The Balaban J connectivity index is 1.76. The molecule has 0 aliphatic heterocycles. The molecule has 0 aliphatic rings. The number of amides is 1. The van der Waals surface area contributed by atoms with Crippen molar-refractivity contribution < 1.29 is 9.53 Å². The molecule has 0 saturated carbocycles. The van der Waals surface area contributed by atoms with Gasteiger partial charge < -0.3 is 10.1 Å². The SMILES string of the molecule is COc1ccc(NC(=O)c2ccc(-n3cccn3)cc2)c(I)c1. The number of rotatable bonds is 4. The second-order valence-electron chi connectivity index (χ2n) is 4.80. The number of anilines is 1. The van der Waals surface area contributed by atoms with Gasteiger partial charge in [0.25, 0.3) is 5.91 Å². The van der Waals surface area contributed by atoms with Crippen molar-refractivity contribution in [2.45, 2.75) is 0 Å². The molecule has 0 radical (unpaired) electrons. The predicted molar refractivity (Wildman–Crippen MR) is 97.2 cm³/mol. The molecule has 3 aromatic rings. The molecule has 1 aromatic heterocycles. The third kappa shape index (κ3) is 3.53. The number of aromatic nitrogens is 2. The average molecular weight is 419 g/mol. The number of carbonyl (C=O) groups excluding carboxylic acids is 1. The highest BCUT2D eigenvalue weighted by atomic mass is 127. The van der Waals surface area contributed by atoms with Crippen LogP contribution in [-0.4, -0.2) is 22.8 Å². The van der Waals surface area contributed by atoms with Crippen molar-refractivity contribution >= 4 is 34.2 Å². The van der Waals surface area contributed by atoms with E-state index in [2.05, 4.69) is 33.0 Å². The van der Waals surface area contributed by atoms with Crippen molar-refractivity contribution in [1.82, 2.24) is 9.78 Å². The largest absolute Gasteiger partial charge is 0.497 e. The first-order valence-electron chi connectivity index (χ1n) is 6.92. The molecule has 0 fully saturated rings. The van der Waals surface area contributed by atoms with Gasteiger partial charge in [-0.05, 0) is 71.1 Å². The van der Waals surface area contributed by atoms with Crippen LogP contribution in [0.15, 0.2) is 60.9 Å². The van der Waals surface area contributed by atoms with Gasteiger partial charge in [0.2, 0.25) is 0 Å². The summed E-state index contributed by atoms with van der Waals surface area (Å²) in [7, 11) is 1.62. The lowest BCUT2D eigenvalue weighted by molar-refractivity contribution is 0.102. The number of benzene rings is 2. The highest BCUT2D eigenvalue weighted by Crippen LogP contribution is 2.24. The highest BCUT2D eigenvalue weighted by molar-refractivity contribution is 14.1. The summed E-state index contributed by atoms with van der Waals surface area (Å²) in [5.74, 6) is 0.607. The van der Waals surface area contributed by atoms with Crippen LogP contribution >= 0.6 is 22.6 Å². The lowest BCUT2D eigenvalue weighted by Crippen LogP contribution is -2.13. The maximum Gasteiger partial charge on any atom is 0.255 e. The number of carbonyl (C=O) groups is 1. The molecule has 23 heavy (non-hydrogen) atoms. The van der Waals surface area contributed by atoms with E-state index in [-0.39, 0.29) is 5.91 Å². The van der Waals surface area contributed by atoms with Gasteiger partial charge in [0, 0.05) is 21.5 Å². The minimum absolute atomic E-state index is 0.153. The van der Waals surface area contributed by atoms with E-state index in [1.165, 1.54) is 0 Å². The Morgan fingerprint density at radius 1 is 1.22 bits per heavy atom. The molecule has 0 spiro atoms. The van der Waals surface area contributed by atoms with Crippen LogP contribution in [0.2, 0.25) is 0 Å². The lowest BCUT2D eigenvalue weighted by Gasteiger charge is -2.09. The molecule has 0 bridgehead atoms. The number of ether oxygens (including phenoxy) is 1. The first-order valence-corrected chi connectivity index (χ1v) is 8.00. The van der Waals surface area contributed by atoms with Gasteiger partial charge in [-0.3, -0.25) is 4.79 Å². The van der Waals surface area contributed by atoms with Gasteiger partial charge in [-0.15, -0.1) is 0 Å². The zero-order valence-electron chi connectivity index (χ0n) is 12.4. The van der Waals surface area contributed by atoms with Crippen molar-refractivity contribution in [2.24, 2.45) is 0 Å². The van der Waals surface area contributed by atoms with Crippen molar-refractivity contribution in [3.63, 3.8) is 0 Å². The van der Waals surface area contributed by atoms with Crippen LogP contribution in [0.25, 0.3) is 5.69 Å². The highest BCUT2D eigenvalue weighted by Gasteiger charge is 2.09. The van der Waals surface area contributed by atoms with E-state index < -0.39 is 0 Å². The topological polar surface area (TPSA) is 56.1 Å². The zero-order chi connectivity index (χ0) is 16.2. The Morgan fingerprint density at radius 3 is 2.61 bits per heavy atom.